The van der Waals surface area contributed by atoms with Crippen molar-refractivity contribution in [3.05, 3.63) is 52.0 Å². The molecule has 2 atom stereocenters. The van der Waals surface area contributed by atoms with E-state index in [4.69, 9.17) is 0 Å². The zero-order chi connectivity index (χ0) is 16.5. The normalized spacial score (nSPS) is 24.4. The lowest BCUT2D eigenvalue weighted by Crippen LogP contribution is -2.51. The number of aryl methyl sites for hydroxylation is 1. The third-order valence-corrected chi connectivity index (χ3v) is 6.08. The van der Waals surface area contributed by atoms with E-state index >= 15 is 0 Å². The highest BCUT2D eigenvalue weighted by Gasteiger charge is 2.42. The topological polar surface area (TPSA) is 36.4 Å². The fourth-order valence-electron chi connectivity index (χ4n) is 4.10. The first-order chi connectivity index (χ1) is 11.7. The van der Waals surface area contributed by atoms with Gasteiger partial charge in [-0.1, -0.05) is 12.1 Å². The van der Waals surface area contributed by atoms with Crippen LogP contribution in [0.4, 0.5) is 0 Å². The SMILES string of the molecule is Cc1cccc(CN2C(=O)CC[C@@H]3[C@H]2CCN3Cc2cccs2)n1. The highest BCUT2D eigenvalue weighted by molar-refractivity contribution is 7.09. The molecule has 2 fully saturated rings. The molecule has 0 N–H and O–H groups in total. The molecule has 1 amide bonds. The van der Waals surface area contributed by atoms with Gasteiger partial charge in [-0.05, 0) is 43.3 Å². The molecule has 5 heteroatoms. The number of nitrogens with zero attached hydrogens (tertiary/aromatic N) is 3. The molecule has 2 aliphatic rings. The highest BCUT2D eigenvalue weighted by Crippen LogP contribution is 2.33. The van der Waals surface area contributed by atoms with Crippen molar-refractivity contribution in [1.29, 1.82) is 0 Å². The van der Waals surface area contributed by atoms with E-state index in [2.05, 4.69) is 32.3 Å². The fourth-order valence-corrected chi connectivity index (χ4v) is 4.83. The van der Waals surface area contributed by atoms with Crippen molar-refractivity contribution in [1.82, 2.24) is 14.8 Å². The van der Waals surface area contributed by atoms with Crippen LogP contribution in [-0.4, -0.2) is 39.3 Å². The first-order valence-electron chi connectivity index (χ1n) is 8.69. The third kappa shape index (κ3) is 3.10. The van der Waals surface area contributed by atoms with E-state index in [0.29, 0.717) is 25.0 Å². The summed E-state index contributed by atoms with van der Waals surface area (Å²) in [6.45, 7) is 4.75. The van der Waals surface area contributed by atoms with Gasteiger partial charge in [0, 0.05) is 42.2 Å². The summed E-state index contributed by atoms with van der Waals surface area (Å²) in [6, 6.07) is 11.2. The van der Waals surface area contributed by atoms with Gasteiger partial charge in [-0.25, -0.2) is 0 Å². The van der Waals surface area contributed by atoms with Crippen LogP contribution in [0.15, 0.2) is 35.7 Å². The number of hydrogen-bond acceptors (Lipinski definition) is 4. The molecule has 0 aliphatic carbocycles. The Bertz CT molecular complexity index is 715. The Morgan fingerprint density at radius 1 is 1.17 bits per heavy atom. The predicted molar refractivity (Wildman–Crippen MR) is 95.7 cm³/mol. The van der Waals surface area contributed by atoms with Crippen LogP contribution in [0.25, 0.3) is 0 Å². The maximum Gasteiger partial charge on any atom is 0.223 e. The van der Waals surface area contributed by atoms with E-state index in [9.17, 15) is 4.79 Å². The van der Waals surface area contributed by atoms with Gasteiger partial charge in [0.15, 0.2) is 0 Å². The molecule has 0 saturated carbocycles. The molecule has 2 aromatic rings. The molecule has 0 bridgehead atoms. The highest BCUT2D eigenvalue weighted by atomic mass is 32.1. The summed E-state index contributed by atoms with van der Waals surface area (Å²) in [5.74, 6) is 0.289. The van der Waals surface area contributed by atoms with Gasteiger partial charge in [0.25, 0.3) is 0 Å². The number of fused-ring (bicyclic) bond motifs is 1. The number of hydrogen-bond donors (Lipinski definition) is 0. The summed E-state index contributed by atoms with van der Waals surface area (Å²) >= 11 is 1.82. The van der Waals surface area contributed by atoms with Crippen LogP contribution in [-0.2, 0) is 17.9 Å². The summed E-state index contributed by atoms with van der Waals surface area (Å²) in [5, 5.41) is 2.14. The largest absolute Gasteiger partial charge is 0.332 e. The molecule has 4 rings (SSSR count). The van der Waals surface area contributed by atoms with Crippen LogP contribution in [0.2, 0.25) is 0 Å². The summed E-state index contributed by atoms with van der Waals surface area (Å²) in [7, 11) is 0. The van der Waals surface area contributed by atoms with Crippen molar-refractivity contribution in [3.63, 3.8) is 0 Å². The molecule has 0 spiro atoms. The molecule has 4 heterocycles. The summed E-state index contributed by atoms with van der Waals surface area (Å²) in [6.07, 6.45) is 2.73. The number of pyridine rings is 1. The van der Waals surface area contributed by atoms with Crippen molar-refractivity contribution in [3.8, 4) is 0 Å². The molecule has 2 aromatic heterocycles. The maximum absolute atomic E-state index is 12.5. The number of rotatable bonds is 4. The number of aromatic nitrogens is 1. The van der Waals surface area contributed by atoms with Crippen molar-refractivity contribution in [2.45, 2.75) is 51.4 Å². The summed E-state index contributed by atoms with van der Waals surface area (Å²) < 4.78 is 0. The minimum atomic E-state index is 0.289. The molecule has 2 aliphatic heterocycles. The van der Waals surface area contributed by atoms with Gasteiger partial charge in [0.05, 0.1) is 12.2 Å². The lowest BCUT2D eigenvalue weighted by atomic mass is 9.96. The summed E-state index contributed by atoms with van der Waals surface area (Å²) in [4.78, 5) is 23.2. The van der Waals surface area contributed by atoms with E-state index < -0.39 is 0 Å². The Balaban J connectivity index is 1.50. The second kappa shape index (κ2) is 6.65. The van der Waals surface area contributed by atoms with Gasteiger partial charge in [-0.15, -0.1) is 11.3 Å². The van der Waals surface area contributed by atoms with Crippen molar-refractivity contribution in [2.24, 2.45) is 0 Å². The monoisotopic (exact) mass is 341 g/mol. The lowest BCUT2D eigenvalue weighted by molar-refractivity contribution is -0.138. The van der Waals surface area contributed by atoms with E-state index in [0.717, 1.165) is 37.3 Å². The number of carbonyl (C=O) groups excluding carboxylic acids is 1. The lowest BCUT2D eigenvalue weighted by Gasteiger charge is -2.39. The zero-order valence-corrected chi connectivity index (χ0v) is 14.8. The number of piperidine rings is 1. The van der Waals surface area contributed by atoms with Crippen LogP contribution in [0, 0.1) is 6.92 Å². The molecule has 126 valence electrons. The van der Waals surface area contributed by atoms with E-state index in [-0.39, 0.29) is 5.91 Å². The van der Waals surface area contributed by atoms with Gasteiger partial charge in [-0.2, -0.15) is 0 Å². The van der Waals surface area contributed by atoms with Gasteiger partial charge < -0.3 is 4.90 Å². The summed E-state index contributed by atoms with van der Waals surface area (Å²) in [5.41, 5.74) is 2.01. The van der Waals surface area contributed by atoms with Crippen LogP contribution < -0.4 is 0 Å². The van der Waals surface area contributed by atoms with E-state index in [1.54, 1.807) is 0 Å². The molecule has 24 heavy (non-hydrogen) atoms. The molecule has 0 unspecified atom stereocenters. The van der Waals surface area contributed by atoms with Crippen LogP contribution in [0.5, 0.6) is 0 Å². The Morgan fingerprint density at radius 3 is 2.88 bits per heavy atom. The fraction of sp³-hybridized carbons (Fsp3) is 0.474. The Hall–Kier alpha value is -1.72. The van der Waals surface area contributed by atoms with Crippen molar-refractivity contribution in [2.75, 3.05) is 6.54 Å². The minimum Gasteiger partial charge on any atom is -0.332 e. The average Bonchev–Trinajstić information content (AvgIpc) is 3.21. The maximum atomic E-state index is 12.5. The Kier molecular flexibility index (Phi) is 4.37. The molecular weight excluding hydrogens is 318 g/mol. The van der Waals surface area contributed by atoms with E-state index in [1.807, 2.05) is 36.5 Å². The second-order valence-electron chi connectivity index (χ2n) is 6.80. The van der Waals surface area contributed by atoms with Crippen molar-refractivity contribution < 1.29 is 4.79 Å². The standard InChI is InChI=1S/C19H23N3OS/c1-14-4-2-5-15(20-14)12-22-18-9-10-21(13-16-6-3-11-24-16)17(18)7-8-19(22)23/h2-6,11,17-18H,7-10,12-13H2,1H3/t17-,18-/m1/s1. The Morgan fingerprint density at radius 2 is 2.08 bits per heavy atom. The predicted octanol–water partition coefficient (Wildman–Crippen LogP) is 3.22. The van der Waals surface area contributed by atoms with Crippen LogP contribution >= 0.6 is 11.3 Å². The zero-order valence-electron chi connectivity index (χ0n) is 14.0. The quantitative estimate of drug-likeness (QED) is 0.857. The van der Waals surface area contributed by atoms with Crippen molar-refractivity contribution >= 4 is 17.2 Å². The van der Waals surface area contributed by atoms with Gasteiger partial charge in [-0.3, -0.25) is 14.7 Å². The molecule has 0 radical (unpaired) electrons. The minimum absolute atomic E-state index is 0.289. The van der Waals surface area contributed by atoms with E-state index in [1.165, 1.54) is 4.88 Å². The van der Waals surface area contributed by atoms with Gasteiger partial charge in [0.2, 0.25) is 5.91 Å². The first-order valence-corrected chi connectivity index (χ1v) is 9.57. The van der Waals surface area contributed by atoms with Gasteiger partial charge in [0.1, 0.15) is 0 Å². The van der Waals surface area contributed by atoms with Gasteiger partial charge >= 0.3 is 0 Å². The molecular formula is C19H23N3OS. The Labute approximate surface area is 147 Å². The van der Waals surface area contributed by atoms with Crippen LogP contribution in [0.3, 0.4) is 0 Å². The smallest absolute Gasteiger partial charge is 0.223 e. The number of thiophene rings is 1. The molecule has 2 saturated heterocycles. The number of likely N-dealkylation sites (tertiary alicyclic amines) is 2. The number of amides is 1. The average molecular weight is 341 g/mol. The number of carbonyl (C=O) groups is 1. The third-order valence-electron chi connectivity index (χ3n) is 5.22. The molecule has 0 aromatic carbocycles. The first kappa shape index (κ1) is 15.8. The van der Waals surface area contributed by atoms with Crippen LogP contribution in [0.1, 0.15) is 35.5 Å². The molecule has 4 nitrogen and oxygen atoms in total. The second-order valence-corrected chi connectivity index (χ2v) is 7.84.